The van der Waals surface area contributed by atoms with E-state index < -0.39 is 23.9 Å². The highest BCUT2D eigenvalue weighted by Crippen LogP contribution is 2.77. The summed E-state index contributed by atoms with van der Waals surface area (Å²) >= 11 is 0. The third-order valence-electron chi connectivity index (χ3n) is 17.1. The van der Waals surface area contributed by atoms with E-state index >= 15 is 0 Å². The van der Waals surface area contributed by atoms with E-state index in [1.165, 1.54) is 20.0 Å². The van der Waals surface area contributed by atoms with Crippen molar-refractivity contribution in [3.63, 3.8) is 0 Å². The average Bonchev–Trinajstić information content (AvgIpc) is 3.52. The molecule has 12 atom stereocenters. The summed E-state index contributed by atoms with van der Waals surface area (Å²) in [6.45, 7) is 17.4. The highest BCUT2D eigenvalue weighted by Gasteiger charge is 2.70. The maximum atomic E-state index is 13.7. The van der Waals surface area contributed by atoms with E-state index in [1.54, 1.807) is 0 Å². The van der Waals surface area contributed by atoms with Crippen LogP contribution in [0.1, 0.15) is 117 Å². The minimum atomic E-state index is -1.08. The van der Waals surface area contributed by atoms with Crippen molar-refractivity contribution in [1.29, 1.82) is 0 Å². The number of aliphatic hydroxyl groups excluding tert-OH is 2. The van der Waals surface area contributed by atoms with Crippen LogP contribution < -0.4 is 5.32 Å². The Morgan fingerprint density at radius 2 is 1.60 bits per heavy atom. The van der Waals surface area contributed by atoms with E-state index in [9.17, 15) is 29.7 Å². The van der Waals surface area contributed by atoms with Gasteiger partial charge in [0.25, 0.3) is 0 Å². The van der Waals surface area contributed by atoms with Gasteiger partial charge in [-0.2, -0.15) is 0 Å². The van der Waals surface area contributed by atoms with Crippen LogP contribution in [0.5, 0.6) is 0 Å². The summed E-state index contributed by atoms with van der Waals surface area (Å²) in [5.74, 6) is -0.623. The van der Waals surface area contributed by atoms with Crippen molar-refractivity contribution in [2.24, 2.45) is 62.6 Å². The van der Waals surface area contributed by atoms with E-state index in [0.29, 0.717) is 30.7 Å². The van der Waals surface area contributed by atoms with Gasteiger partial charge in [-0.1, -0.05) is 77.1 Å². The molecule has 5 fully saturated rings. The van der Waals surface area contributed by atoms with Crippen molar-refractivity contribution in [1.82, 2.24) is 5.32 Å². The molecule has 294 valence electrons. The monoisotopic (exact) mass is 733 g/mol. The van der Waals surface area contributed by atoms with Gasteiger partial charge in [-0.15, -0.1) is 0 Å². The van der Waals surface area contributed by atoms with E-state index in [2.05, 4.69) is 46.5 Å². The van der Waals surface area contributed by atoms with Crippen LogP contribution in [0.4, 0.5) is 0 Å². The summed E-state index contributed by atoms with van der Waals surface area (Å²) in [5, 5.41) is 35.3. The number of carboxylic acid groups (broad SMARTS) is 1. The van der Waals surface area contributed by atoms with Gasteiger partial charge in [0, 0.05) is 19.6 Å². The molecule has 0 heterocycles. The molecular formula is C45H67NO7. The van der Waals surface area contributed by atoms with Gasteiger partial charge < -0.3 is 25.4 Å². The summed E-state index contributed by atoms with van der Waals surface area (Å²) in [4.78, 5) is 38.5. The molecule has 0 amide bonds. The number of ketones is 1. The van der Waals surface area contributed by atoms with Crippen LogP contribution in [0.3, 0.4) is 0 Å². The molecule has 0 aromatic heterocycles. The second kappa shape index (κ2) is 14.8. The number of carbonyl (C=O) groups excluding carboxylic acids is 2. The number of Topliss-reactive ketones (excluding diaryl/α,β-unsaturated/α-hetero) is 1. The Hall–Kier alpha value is -2.55. The summed E-state index contributed by atoms with van der Waals surface area (Å²) in [6.07, 6.45) is 10.2. The molecule has 1 aromatic carbocycles. The molecule has 4 N–H and O–H groups in total. The van der Waals surface area contributed by atoms with Crippen molar-refractivity contribution in [2.45, 2.75) is 130 Å². The second-order valence-corrected chi connectivity index (χ2v) is 19.5. The van der Waals surface area contributed by atoms with Crippen molar-refractivity contribution in [2.75, 3.05) is 20.3 Å². The summed E-state index contributed by atoms with van der Waals surface area (Å²) in [7, 11) is 1.31. The van der Waals surface area contributed by atoms with Crippen molar-refractivity contribution < 1.29 is 34.4 Å². The summed E-state index contributed by atoms with van der Waals surface area (Å²) < 4.78 is 5.05. The molecule has 5 unspecified atom stereocenters. The standard InChI is InChI=1S/C45H67NO7/c1-28(26-46-33(25-38(50)51)34(48)24-30(40(52)53-7)23-29-11-9-8-10-12-29)31-15-20-45(27-47)22-21-43(5)32(39(31)45)13-14-36-42(4)18-17-37(49)41(2,3)35(42)16-19-44(36,43)6/h8-12,30-33,35-37,39,46-47,49H,1,13-27H2,2-7H3,(H,50,51)/t30-,31-,32?,33?,35?,36?,37-,39?,42-,43+,44+,45+/m0/s1. The number of carbonyl (C=O) groups is 3. The predicted molar refractivity (Wildman–Crippen MR) is 206 cm³/mol. The summed E-state index contributed by atoms with van der Waals surface area (Å²) in [6, 6.07) is 8.51. The van der Waals surface area contributed by atoms with Crippen molar-refractivity contribution >= 4 is 17.7 Å². The lowest BCUT2D eigenvalue weighted by atomic mass is 9.32. The Balaban J connectivity index is 1.20. The lowest BCUT2D eigenvalue weighted by Crippen LogP contribution is -2.66. The minimum absolute atomic E-state index is 0.0893. The molecule has 5 aliphatic carbocycles. The van der Waals surface area contributed by atoms with Crippen LogP contribution >= 0.6 is 0 Å². The number of aliphatic hydroxyl groups is 2. The molecule has 0 radical (unpaired) electrons. The molecule has 8 nitrogen and oxygen atoms in total. The van der Waals surface area contributed by atoms with Crippen molar-refractivity contribution in [3.8, 4) is 0 Å². The normalized spacial score (nSPS) is 39.7. The molecule has 5 aliphatic rings. The quantitative estimate of drug-likeness (QED) is 0.122. The minimum Gasteiger partial charge on any atom is -0.481 e. The maximum Gasteiger partial charge on any atom is 0.309 e. The summed E-state index contributed by atoms with van der Waals surface area (Å²) in [5.41, 5.74) is 2.10. The zero-order chi connectivity index (χ0) is 38.6. The molecule has 0 aliphatic heterocycles. The highest BCUT2D eigenvalue weighted by atomic mass is 16.5. The predicted octanol–water partition coefficient (Wildman–Crippen LogP) is 7.40. The Labute approximate surface area is 317 Å². The highest BCUT2D eigenvalue weighted by molar-refractivity contribution is 5.91. The first-order valence-corrected chi connectivity index (χ1v) is 20.5. The van der Waals surface area contributed by atoms with E-state index in [0.717, 1.165) is 62.5 Å². The van der Waals surface area contributed by atoms with Gasteiger partial charge in [-0.05, 0) is 133 Å². The van der Waals surface area contributed by atoms with Crippen LogP contribution in [0.25, 0.3) is 0 Å². The maximum absolute atomic E-state index is 13.7. The van der Waals surface area contributed by atoms with Gasteiger partial charge in [0.2, 0.25) is 0 Å². The lowest BCUT2D eigenvalue weighted by Gasteiger charge is -2.73. The zero-order valence-electron chi connectivity index (χ0n) is 33.3. The van der Waals surface area contributed by atoms with E-state index in [-0.39, 0.29) is 70.2 Å². The second-order valence-electron chi connectivity index (χ2n) is 19.5. The number of hydrogen-bond acceptors (Lipinski definition) is 7. The SMILES string of the molecule is C=C(CNC(CC(=O)O)C(=O)C[C@H](Cc1ccccc1)C(=O)OC)[C@@H]1CC[C@]2(CO)CC[C@]3(C)C(CCC4[C@@]5(C)CC[C@H](O)C(C)(C)C5CC[C@]43C)C12. The average molecular weight is 734 g/mol. The number of methoxy groups -OCH3 is 1. The first-order chi connectivity index (χ1) is 25.0. The number of esters is 1. The van der Waals surface area contributed by atoms with Gasteiger partial charge in [-0.3, -0.25) is 14.4 Å². The fourth-order valence-corrected chi connectivity index (χ4v) is 14.0. The zero-order valence-corrected chi connectivity index (χ0v) is 33.3. The number of aliphatic carboxylic acids is 1. The molecule has 1 aromatic rings. The molecular weight excluding hydrogens is 666 g/mol. The van der Waals surface area contributed by atoms with Gasteiger partial charge in [0.05, 0.1) is 31.6 Å². The number of ether oxygens (including phenoxy) is 1. The van der Waals surface area contributed by atoms with E-state index in [4.69, 9.17) is 4.74 Å². The molecule has 53 heavy (non-hydrogen) atoms. The Morgan fingerprint density at radius 1 is 0.887 bits per heavy atom. The smallest absolute Gasteiger partial charge is 0.309 e. The van der Waals surface area contributed by atoms with Crippen LogP contribution in [0.15, 0.2) is 42.5 Å². The first-order valence-electron chi connectivity index (χ1n) is 20.5. The topological polar surface area (TPSA) is 133 Å². The van der Waals surface area contributed by atoms with Gasteiger partial charge in [0.1, 0.15) is 0 Å². The van der Waals surface area contributed by atoms with Crippen LogP contribution in [0.2, 0.25) is 0 Å². The first kappa shape index (κ1) is 40.1. The van der Waals surface area contributed by atoms with Crippen molar-refractivity contribution in [3.05, 3.63) is 48.0 Å². The number of fused-ring (bicyclic) bond motifs is 7. The third-order valence-corrected chi connectivity index (χ3v) is 17.1. The fraction of sp³-hybridized carbons (Fsp3) is 0.756. The van der Waals surface area contributed by atoms with E-state index in [1.807, 2.05) is 30.3 Å². The fourth-order valence-electron chi connectivity index (χ4n) is 14.0. The number of hydrogen-bond donors (Lipinski definition) is 4. The largest absolute Gasteiger partial charge is 0.481 e. The molecule has 5 saturated carbocycles. The number of carboxylic acids is 1. The molecule has 6 rings (SSSR count). The Kier molecular flexibility index (Phi) is 11.2. The Bertz CT molecular complexity index is 1540. The Morgan fingerprint density at radius 3 is 2.26 bits per heavy atom. The number of rotatable bonds is 13. The molecule has 0 spiro atoms. The lowest BCUT2D eigenvalue weighted by molar-refractivity contribution is -0.249. The molecule has 0 bridgehead atoms. The number of benzene rings is 1. The number of nitrogens with one attached hydrogen (secondary N) is 1. The van der Waals surface area contributed by atoms with Gasteiger partial charge in [0.15, 0.2) is 5.78 Å². The molecule has 8 heteroatoms. The molecule has 0 saturated heterocycles. The van der Waals surface area contributed by atoms with Gasteiger partial charge in [-0.25, -0.2) is 0 Å². The van der Waals surface area contributed by atoms with Crippen LogP contribution in [-0.2, 0) is 25.5 Å². The van der Waals surface area contributed by atoms with Crippen LogP contribution in [0, 0.1) is 62.6 Å². The van der Waals surface area contributed by atoms with Crippen LogP contribution in [-0.4, -0.2) is 65.4 Å². The van der Waals surface area contributed by atoms with Gasteiger partial charge >= 0.3 is 11.9 Å². The third kappa shape index (κ3) is 6.75.